The molecular formula is C24H28ClNO5. The predicted octanol–water partition coefficient (Wildman–Crippen LogP) is 3.82. The molecule has 4 atom stereocenters. The van der Waals surface area contributed by atoms with Crippen molar-refractivity contribution in [3.05, 3.63) is 45.5 Å². The van der Waals surface area contributed by atoms with Crippen molar-refractivity contribution in [3.63, 3.8) is 0 Å². The third kappa shape index (κ3) is 4.04. The zero-order chi connectivity index (χ0) is 22.3. The Hall–Kier alpha value is -2.15. The van der Waals surface area contributed by atoms with Gasteiger partial charge in [-0.1, -0.05) is 23.3 Å². The van der Waals surface area contributed by atoms with E-state index in [4.69, 9.17) is 21.1 Å². The molecule has 0 bridgehead atoms. The van der Waals surface area contributed by atoms with E-state index in [2.05, 4.69) is 0 Å². The van der Waals surface area contributed by atoms with Crippen LogP contribution in [0.25, 0.3) is 6.08 Å². The minimum absolute atomic E-state index is 0.0499. The molecule has 1 N–H and O–H groups in total. The number of aromatic hydroxyl groups is 1. The molecular weight excluding hydrogens is 418 g/mol. The molecule has 1 aromatic rings. The van der Waals surface area contributed by atoms with Gasteiger partial charge >= 0.3 is 0 Å². The molecule has 0 spiro atoms. The van der Waals surface area contributed by atoms with Crippen LogP contribution in [0.1, 0.15) is 31.7 Å². The van der Waals surface area contributed by atoms with Crippen LogP contribution in [0.3, 0.4) is 0 Å². The number of rotatable bonds is 6. The van der Waals surface area contributed by atoms with E-state index in [1.807, 2.05) is 13.0 Å². The summed E-state index contributed by atoms with van der Waals surface area (Å²) in [7, 11) is 3.23. The third-order valence-corrected chi connectivity index (χ3v) is 7.06. The third-order valence-electron chi connectivity index (χ3n) is 6.73. The fourth-order valence-electron chi connectivity index (χ4n) is 5.27. The number of phenols is 1. The van der Waals surface area contributed by atoms with Crippen LogP contribution in [0.4, 0.5) is 0 Å². The van der Waals surface area contributed by atoms with E-state index in [0.29, 0.717) is 24.7 Å². The lowest BCUT2D eigenvalue weighted by molar-refractivity contribution is -0.138. The maximum absolute atomic E-state index is 12.7. The van der Waals surface area contributed by atoms with E-state index in [9.17, 15) is 14.7 Å². The van der Waals surface area contributed by atoms with Crippen LogP contribution in [0.2, 0.25) is 5.02 Å². The molecule has 4 rings (SSSR count). The SMILES string of the molecule is COCC1=C2[C@@H](CC/C(C)=C/c3ccc(O)cc3Cl)OC[C@@H]2[C@@H]2C(=O)N(C)C(=O)[C@@H]2C1. The van der Waals surface area contributed by atoms with E-state index in [1.54, 1.807) is 26.3 Å². The Morgan fingerprint density at radius 3 is 2.81 bits per heavy atom. The van der Waals surface area contributed by atoms with Crippen molar-refractivity contribution in [2.75, 3.05) is 27.4 Å². The molecule has 7 heteroatoms. The van der Waals surface area contributed by atoms with Crippen molar-refractivity contribution in [2.24, 2.45) is 17.8 Å². The lowest BCUT2D eigenvalue weighted by Gasteiger charge is -2.31. The molecule has 2 aliphatic heterocycles. The molecule has 0 aromatic heterocycles. The zero-order valence-corrected chi connectivity index (χ0v) is 18.8. The number of phenolic OH excluding ortho intramolecular Hbond substituents is 1. The molecule has 1 aliphatic carbocycles. The number of likely N-dealkylation sites (tertiary alicyclic amines) is 1. The van der Waals surface area contributed by atoms with Crippen LogP contribution < -0.4 is 0 Å². The highest BCUT2D eigenvalue weighted by Gasteiger charge is 2.55. The molecule has 31 heavy (non-hydrogen) atoms. The predicted molar refractivity (Wildman–Crippen MR) is 118 cm³/mol. The first-order valence-electron chi connectivity index (χ1n) is 10.6. The summed E-state index contributed by atoms with van der Waals surface area (Å²) < 4.78 is 11.6. The van der Waals surface area contributed by atoms with Crippen LogP contribution in [-0.2, 0) is 19.1 Å². The van der Waals surface area contributed by atoms with Gasteiger partial charge in [0.15, 0.2) is 0 Å². The quantitative estimate of drug-likeness (QED) is 0.532. The summed E-state index contributed by atoms with van der Waals surface area (Å²) in [5.74, 6) is -0.690. The van der Waals surface area contributed by atoms with E-state index >= 15 is 0 Å². The number of carbonyl (C=O) groups is 2. The number of hydrogen-bond donors (Lipinski definition) is 1. The first-order chi connectivity index (χ1) is 14.8. The number of imide groups is 1. The summed E-state index contributed by atoms with van der Waals surface area (Å²) in [5, 5.41) is 10.0. The molecule has 0 saturated carbocycles. The molecule has 166 valence electrons. The average Bonchev–Trinajstić information content (AvgIpc) is 3.24. The van der Waals surface area contributed by atoms with Gasteiger partial charge in [-0.05, 0) is 61.1 Å². The maximum atomic E-state index is 12.7. The number of allylic oxidation sites excluding steroid dienone is 1. The number of fused-ring (bicyclic) bond motifs is 3. The fraction of sp³-hybridized carbons (Fsp3) is 0.500. The molecule has 1 aromatic carbocycles. The summed E-state index contributed by atoms with van der Waals surface area (Å²) in [4.78, 5) is 26.6. The second-order valence-corrected chi connectivity index (χ2v) is 9.13. The number of methoxy groups -OCH3 is 1. The summed E-state index contributed by atoms with van der Waals surface area (Å²) in [6, 6.07) is 4.94. The van der Waals surface area contributed by atoms with Crippen molar-refractivity contribution >= 4 is 29.5 Å². The molecule has 2 amide bonds. The van der Waals surface area contributed by atoms with Crippen LogP contribution in [0.15, 0.2) is 34.9 Å². The number of benzene rings is 1. The Morgan fingerprint density at radius 2 is 2.10 bits per heavy atom. The van der Waals surface area contributed by atoms with Crippen LogP contribution in [0.5, 0.6) is 5.75 Å². The molecule has 0 radical (unpaired) electrons. The topological polar surface area (TPSA) is 76.1 Å². The van der Waals surface area contributed by atoms with Crippen molar-refractivity contribution in [1.82, 2.24) is 4.90 Å². The van der Waals surface area contributed by atoms with Crippen molar-refractivity contribution in [1.29, 1.82) is 0 Å². The minimum atomic E-state index is -0.314. The summed E-state index contributed by atoms with van der Waals surface area (Å²) in [6.45, 7) is 2.97. The van der Waals surface area contributed by atoms with Crippen molar-refractivity contribution in [2.45, 2.75) is 32.3 Å². The Kier molecular flexibility index (Phi) is 6.24. The number of carbonyl (C=O) groups excluding carboxylic acids is 2. The second-order valence-electron chi connectivity index (χ2n) is 8.73. The average molecular weight is 446 g/mol. The van der Waals surface area contributed by atoms with Gasteiger partial charge in [0.05, 0.1) is 36.2 Å². The lowest BCUT2D eigenvalue weighted by Crippen LogP contribution is -2.34. The molecule has 6 nitrogen and oxygen atoms in total. The molecule has 0 unspecified atom stereocenters. The smallest absolute Gasteiger partial charge is 0.233 e. The Balaban J connectivity index is 1.53. The largest absolute Gasteiger partial charge is 0.508 e. The minimum Gasteiger partial charge on any atom is -0.508 e. The highest BCUT2D eigenvalue weighted by Crippen LogP contribution is 2.49. The number of nitrogens with zero attached hydrogens (tertiary/aromatic N) is 1. The van der Waals surface area contributed by atoms with Gasteiger partial charge in [-0.2, -0.15) is 0 Å². The number of ether oxygens (including phenoxy) is 2. The zero-order valence-electron chi connectivity index (χ0n) is 18.1. The van der Waals surface area contributed by atoms with Gasteiger partial charge in [0.25, 0.3) is 0 Å². The molecule has 3 aliphatic rings. The van der Waals surface area contributed by atoms with Crippen LogP contribution in [0, 0.1) is 17.8 Å². The normalized spacial score (nSPS) is 28.4. The second kappa shape index (κ2) is 8.77. The number of amides is 2. The first kappa shape index (κ1) is 22.1. The maximum Gasteiger partial charge on any atom is 0.233 e. The number of hydrogen-bond acceptors (Lipinski definition) is 5. The summed E-state index contributed by atoms with van der Waals surface area (Å²) >= 11 is 6.22. The van der Waals surface area contributed by atoms with Gasteiger partial charge in [0.2, 0.25) is 11.8 Å². The number of halogens is 1. The Bertz CT molecular complexity index is 969. The van der Waals surface area contributed by atoms with E-state index in [1.165, 1.54) is 11.0 Å². The van der Waals surface area contributed by atoms with Gasteiger partial charge < -0.3 is 14.6 Å². The van der Waals surface area contributed by atoms with E-state index < -0.39 is 0 Å². The molecule has 2 heterocycles. The molecule has 2 saturated heterocycles. The van der Waals surface area contributed by atoms with Crippen molar-refractivity contribution < 1.29 is 24.2 Å². The Morgan fingerprint density at radius 1 is 1.32 bits per heavy atom. The summed E-state index contributed by atoms with van der Waals surface area (Å²) in [5.41, 5.74) is 4.28. The highest BCUT2D eigenvalue weighted by atomic mass is 35.5. The van der Waals surface area contributed by atoms with Gasteiger partial charge in [-0.3, -0.25) is 14.5 Å². The van der Waals surface area contributed by atoms with Crippen LogP contribution in [-0.4, -0.2) is 55.3 Å². The fourth-order valence-corrected chi connectivity index (χ4v) is 5.50. The highest BCUT2D eigenvalue weighted by molar-refractivity contribution is 6.32. The molecule has 2 fully saturated rings. The summed E-state index contributed by atoms with van der Waals surface area (Å²) in [6.07, 6.45) is 4.09. The van der Waals surface area contributed by atoms with Gasteiger partial charge in [-0.25, -0.2) is 0 Å². The first-order valence-corrected chi connectivity index (χ1v) is 11.0. The van der Waals surface area contributed by atoms with E-state index in [0.717, 1.165) is 35.1 Å². The van der Waals surface area contributed by atoms with Crippen molar-refractivity contribution in [3.8, 4) is 5.75 Å². The monoisotopic (exact) mass is 445 g/mol. The lowest BCUT2D eigenvalue weighted by atomic mass is 9.69. The van der Waals surface area contributed by atoms with Gasteiger partial charge in [0, 0.05) is 20.1 Å². The van der Waals surface area contributed by atoms with Crippen LogP contribution >= 0.6 is 11.6 Å². The standard InChI is InChI=1S/C24H28ClNO5/c1-13(8-14-5-6-16(27)10-19(14)25)4-7-20-21-15(11-30-3)9-17-22(18(21)12-31-20)24(29)26(2)23(17)28/h5-6,8,10,17-18,20,22,27H,4,7,9,11-12H2,1-3H3/b13-8+/t17-,18+,20-,22-/m1/s1. The van der Waals surface area contributed by atoms with Gasteiger partial charge in [0.1, 0.15) is 5.75 Å². The Labute approximate surface area is 187 Å². The van der Waals surface area contributed by atoms with Gasteiger partial charge in [-0.15, -0.1) is 0 Å². The van der Waals surface area contributed by atoms with E-state index in [-0.39, 0.29) is 41.4 Å².